The van der Waals surface area contributed by atoms with Crippen molar-refractivity contribution in [3.63, 3.8) is 0 Å². The van der Waals surface area contributed by atoms with Crippen LogP contribution in [0.2, 0.25) is 0 Å². The van der Waals surface area contributed by atoms with Gasteiger partial charge in [0.25, 0.3) is 0 Å². The molecule has 0 aromatic carbocycles. The Kier molecular flexibility index (Phi) is 8.06. The van der Waals surface area contributed by atoms with Gasteiger partial charge in [-0.2, -0.15) is 11.3 Å². The zero-order valence-corrected chi connectivity index (χ0v) is 16.5. The van der Waals surface area contributed by atoms with Crippen LogP contribution in [-0.2, 0) is 0 Å². The van der Waals surface area contributed by atoms with Crippen molar-refractivity contribution in [1.29, 1.82) is 0 Å². The maximum Gasteiger partial charge on any atom is 0.191 e. The van der Waals surface area contributed by atoms with Gasteiger partial charge in [0.05, 0.1) is 0 Å². The van der Waals surface area contributed by atoms with E-state index in [1.54, 1.807) is 11.3 Å². The Labute approximate surface area is 151 Å². The van der Waals surface area contributed by atoms with Gasteiger partial charge in [-0.1, -0.05) is 20.8 Å². The van der Waals surface area contributed by atoms with Crippen LogP contribution in [0.4, 0.5) is 0 Å². The molecule has 1 aromatic heterocycles. The third kappa shape index (κ3) is 6.44. The van der Waals surface area contributed by atoms with Crippen molar-refractivity contribution < 1.29 is 0 Å². The SMILES string of the molecule is CN=C(NCC1CCCN(CC(C)C)C1)NCC(C)c1ccsc1. The molecule has 136 valence electrons. The van der Waals surface area contributed by atoms with Gasteiger partial charge in [0, 0.05) is 33.2 Å². The van der Waals surface area contributed by atoms with Crippen molar-refractivity contribution in [2.45, 2.75) is 39.5 Å². The Bertz CT molecular complexity index is 484. The second-order valence-corrected chi connectivity index (χ2v) is 8.23. The van der Waals surface area contributed by atoms with Crippen LogP contribution in [0.3, 0.4) is 0 Å². The van der Waals surface area contributed by atoms with E-state index in [-0.39, 0.29) is 0 Å². The summed E-state index contributed by atoms with van der Waals surface area (Å²) in [5.74, 6) is 2.92. The van der Waals surface area contributed by atoms with Crippen LogP contribution in [0.1, 0.15) is 45.1 Å². The Balaban J connectivity index is 1.71. The normalized spacial score (nSPS) is 21.0. The lowest BCUT2D eigenvalue weighted by atomic mass is 9.97. The lowest BCUT2D eigenvalue weighted by Gasteiger charge is -2.34. The Morgan fingerprint density at radius 1 is 1.38 bits per heavy atom. The fraction of sp³-hybridized carbons (Fsp3) is 0.737. The van der Waals surface area contributed by atoms with Gasteiger partial charge < -0.3 is 15.5 Å². The van der Waals surface area contributed by atoms with E-state index >= 15 is 0 Å². The largest absolute Gasteiger partial charge is 0.356 e. The summed E-state index contributed by atoms with van der Waals surface area (Å²) in [6, 6.07) is 2.21. The molecule has 0 radical (unpaired) electrons. The van der Waals surface area contributed by atoms with E-state index < -0.39 is 0 Å². The van der Waals surface area contributed by atoms with E-state index in [4.69, 9.17) is 0 Å². The van der Waals surface area contributed by atoms with Crippen molar-refractivity contribution >= 4 is 17.3 Å². The first-order valence-electron chi connectivity index (χ1n) is 9.27. The molecule has 1 aromatic rings. The molecule has 1 aliphatic heterocycles. The molecule has 0 amide bonds. The molecule has 2 rings (SSSR count). The highest BCUT2D eigenvalue weighted by atomic mass is 32.1. The highest BCUT2D eigenvalue weighted by Crippen LogP contribution is 2.18. The van der Waals surface area contributed by atoms with E-state index in [9.17, 15) is 0 Å². The number of likely N-dealkylation sites (tertiary alicyclic amines) is 1. The molecule has 0 aliphatic carbocycles. The first-order valence-corrected chi connectivity index (χ1v) is 10.2. The minimum atomic E-state index is 0.506. The van der Waals surface area contributed by atoms with Gasteiger partial charge in [0.15, 0.2) is 5.96 Å². The Hall–Kier alpha value is -1.07. The summed E-state index contributed by atoms with van der Waals surface area (Å²) in [6.07, 6.45) is 2.64. The molecule has 2 heterocycles. The molecule has 2 atom stereocenters. The standard InChI is InChI=1S/C19H34N4S/c1-15(2)12-23-8-5-6-17(13-23)11-22-19(20-4)21-10-16(3)18-7-9-24-14-18/h7,9,14-17H,5-6,8,10-13H2,1-4H3,(H2,20,21,22). The average Bonchev–Trinajstić information content (AvgIpc) is 3.09. The van der Waals surface area contributed by atoms with Crippen LogP contribution in [0.15, 0.2) is 21.8 Å². The minimum Gasteiger partial charge on any atom is -0.356 e. The monoisotopic (exact) mass is 350 g/mol. The molecular formula is C19H34N4S. The summed E-state index contributed by atoms with van der Waals surface area (Å²) in [5, 5.41) is 11.4. The maximum absolute atomic E-state index is 4.38. The molecule has 0 saturated carbocycles. The van der Waals surface area contributed by atoms with E-state index in [1.165, 1.54) is 38.0 Å². The summed E-state index contributed by atoms with van der Waals surface area (Å²) < 4.78 is 0. The van der Waals surface area contributed by atoms with Crippen molar-refractivity contribution in [2.75, 3.05) is 39.8 Å². The quantitative estimate of drug-likeness (QED) is 0.585. The smallest absolute Gasteiger partial charge is 0.191 e. The molecule has 0 bridgehead atoms. The molecule has 2 unspecified atom stereocenters. The minimum absolute atomic E-state index is 0.506. The third-order valence-corrected chi connectivity index (χ3v) is 5.40. The molecule has 1 saturated heterocycles. The number of piperidine rings is 1. The first-order chi connectivity index (χ1) is 11.6. The predicted octanol–water partition coefficient (Wildman–Crippen LogP) is 3.38. The van der Waals surface area contributed by atoms with Gasteiger partial charge in [-0.05, 0) is 59.5 Å². The molecule has 24 heavy (non-hydrogen) atoms. The molecule has 5 heteroatoms. The van der Waals surface area contributed by atoms with E-state index in [1.807, 2.05) is 7.05 Å². The van der Waals surface area contributed by atoms with Crippen molar-refractivity contribution in [1.82, 2.24) is 15.5 Å². The highest BCUT2D eigenvalue weighted by molar-refractivity contribution is 7.07. The number of hydrogen-bond donors (Lipinski definition) is 2. The van der Waals surface area contributed by atoms with Crippen molar-refractivity contribution in [3.05, 3.63) is 22.4 Å². The van der Waals surface area contributed by atoms with Gasteiger partial charge in [-0.25, -0.2) is 0 Å². The van der Waals surface area contributed by atoms with Gasteiger partial charge in [-0.3, -0.25) is 4.99 Å². The van der Waals surface area contributed by atoms with Crippen molar-refractivity contribution in [3.8, 4) is 0 Å². The van der Waals surface area contributed by atoms with Crippen LogP contribution < -0.4 is 10.6 Å². The molecular weight excluding hydrogens is 316 g/mol. The average molecular weight is 351 g/mol. The van der Waals surface area contributed by atoms with Crippen LogP contribution >= 0.6 is 11.3 Å². The van der Waals surface area contributed by atoms with Crippen LogP contribution in [0, 0.1) is 11.8 Å². The number of nitrogens with one attached hydrogen (secondary N) is 2. The van der Waals surface area contributed by atoms with Gasteiger partial charge in [-0.15, -0.1) is 0 Å². The molecule has 1 aliphatic rings. The zero-order valence-electron chi connectivity index (χ0n) is 15.7. The maximum atomic E-state index is 4.38. The number of guanidine groups is 1. The Morgan fingerprint density at radius 2 is 2.21 bits per heavy atom. The summed E-state index contributed by atoms with van der Waals surface area (Å²) in [6.45, 7) is 12.5. The number of rotatable bonds is 7. The lowest BCUT2D eigenvalue weighted by molar-refractivity contribution is 0.159. The fourth-order valence-corrected chi connectivity index (χ4v) is 4.17. The summed E-state index contributed by atoms with van der Waals surface area (Å²) in [4.78, 5) is 7.00. The fourth-order valence-electron chi connectivity index (χ4n) is 3.38. The third-order valence-electron chi connectivity index (χ3n) is 4.70. The molecule has 1 fully saturated rings. The number of nitrogens with zero attached hydrogens (tertiary/aromatic N) is 2. The van der Waals surface area contributed by atoms with Gasteiger partial charge >= 0.3 is 0 Å². The van der Waals surface area contributed by atoms with E-state index in [0.717, 1.165) is 30.9 Å². The van der Waals surface area contributed by atoms with E-state index in [2.05, 4.69) is 58.1 Å². The predicted molar refractivity (Wildman–Crippen MR) is 106 cm³/mol. The van der Waals surface area contributed by atoms with Gasteiger partial charge in [0.1, 0.15) is 0 Å². The number of aliphatic imine (C=N–C) groups is 1. The first kappa shape index (κ1) is 19.3. The molecule has 2 N–H and O–H groups in total. The second kappa shape index (κ2) is 10.0. The summed E-state index contributed by atoms with van der Waals surface area (Å²) in [7, 11) is 1.86. The highest BCUT2D eigenvalue weighted by Gasteiger charge is 2.20. The topological polar surface area (TPSA) is 39.7 Å². The number of thiophene rings is 1. The summed E-state index contributed by atoms with van der Waals surface area (Å²) >= 11 is 1.76. The Morgan fingerprint density at radius 3 is 2.88 bits per heavy atom. The van der Waals surface area contributed by atoms with Crippen LogP contribution in [-0.4, -0.2) is 50.6 Å². The van der Waals surface area contributed by atoms with Crippen LogP contribution in [0.5, 0.6) is 0 Å². The van der Waals surface area contributed by atoms with Crippen LogP contribution in [0.25, 0.3) is 0 Å². The van der Waals surface area contributed by atoms with Crippen molar-refractivity contribution in [2.24, 2.45) is 16.8 Å². The summed E-state index contributed by atoms with van der Waals surface area (Å²) in [5.41, 5.74) is 1.40. The lowest BCUT2D eigenvalue weighted by Crippen LogP contribution is -2.45. The number of hydrogen-bond acceptors (Lipinski definition) is 3. The second-order valence-electron chi connectivity index (χ2n) is 7.45. The van der Waals surface area contributed by atoms with Gasteiger partial charge in [0.2, 0.25) is 0 Å². The molecule has 0 spiro atoms. The van der Waals surface area contributed by atoms with E-state index in [0.29, 0.717) is 5.92 Å². The zero-order chi connectivity index (χ0) is 17.4. The molecule has 4 nitrogen and oxygen atoms in total.